The fourth-order valence-corrected chi connectivity index (χ4v) is 3.60. The van der Waals surface area contributed by atoms with E-state index in [-0.39, 0.29) is 4.90 Å². The molecule has 0 unspecified atom stereocenters. The van der Waals surface area contributed by atoms with Crippen LogP contribution >= 0.6 is 0 Å². The number of nitrogens with one attached hydrogen (secondary N) is 2. The van der Waals surface area contributed by atoms with Crippen LogP contribution in [0.15, 0.2) is 47.5 Å². The molecule has 0 atom stereocenters. The third-order valence-corrected chi connectivity index (χ3v) is 5.32. The normalized spacial score (nSPS) is 11.1. The summed E-state index contributed by atoms with van der Waals surface area (Å²) in [5.74, 6) is 0.428. The summed E-state index contributed by atoms with van der Waals surface area (Å²) in [5, 5.41) is 12.0. The van der Waals surface area contributed by atoms with Crippen molar-refractivity contribution in [2.75, 3.05) is 19.5 Å². The molecule has 0 saturated carbocycles. The molecule has 9 nitrogen and oxygen atoms in total. The van der Waals surface area contributed by atoms with Gasteiger partial charge < -0.3 is 14.8 Å². The van der Waals surface area contributed by atoms with Crippen LogP contribution in [0.5, 0.6) is 11.5 Å². The van der Waals surface area contributed by atoms with Gasteiger partial charge in [0.2, 0.25) is 5.91 Å². The summed E-state index contributed by atoms with van der Waals surface area (Å²) in [5.41, 5.74) is 1.89. The number of nitrogens with zero attached hydrogens (tertiary/aromatic N) is 2. The lowest BCUT2D eigenvalue weighted by atomic mass is 10.1. The number of rotatable bonds is 6. The van der Waals surface area contributed by atoms with Crippen molar-refractivity contribution in [2.45, 2.75) is 11.8 Å². The van der Waals surface area contributed by atoms with Gasteiger partial charge in [-0.25, -0.2) is 13.1 Å². The fourth-order valence-electron chi connectivity index (χ4n) is 2.61. The minimum Gasteiger partial charge on any atom is -0.493 e. The minimum absolute atomic E-state index is 0.0163. The summed E-state index contributed by atoms with van der Waals surface area (Å²) in [6.45, 7) is 1.14. The molecule has 0 radical (unpaired) electrons. The van der Waals surface area contributed by atoms with Gasteiger partial charge in [0.25, 0.3) is 10.0 Å². The zero-order valence-corrected chi connectivity index (χ0v) is 16.2. The highest BCUT2D eigenvalue weighted by Gasteiger charge is 2.15. The Kier molecular flexibility index (Phi) is 5.32. The Hall–Kier alpha value is -3.40. The second kappa shape index (κ2) is 7.69. The number of anilines is 2. The minimum atomic E-state index is -3.88. The molecule has 3 aromatic rings. The van der Waals surface area contributed by atoms with E-state index < -0.39 is 15.9 Å². The second-order valence-corrected chi connectivity index (χ2v) is 7.48. The van der Waals surface area contributed by atoms with Crippen molar-refractivity contribution in [3.8, 4) is 11.5 Å². The highest BCUT2D eigenvalue weighted by molar-refractivity contribution is 7.90. The lowest BCUT2D eigenvalue weighted by Gasteiger charge is -2.12. The van der Waals surface area contributed by atoms with Crippen LogP contribution in [0.3, 0.4) is 0 Å². The number of carbonyl (C=O) groups is 1. The lowest BCUT2D eigenvalue weighted by molar-refractivity contribution is -0.117. The highest BCUT2D eigenvalue weighted by Crippen LogP contribution is 2.34. The summed E-state index contributed by atoms with van der Waals surface area (Å²) in [4.78, 5) is 11.0. The first-order valence-electron chi connectivity index (χ1n) is 8.12. The van der Waals surface area contributed by atoms with Gasteiger partial charge in [-0.15, -0.1) is 0 Å². The zero-order valence-electron chi connectivity index (χ0n) is 15.4. The van der Waals surface area contributed by atoms with Crippen molar-refractivity contribution in [1.29, 1.82) is 0 Å². The van der Waals surface area contributed by atoms with E-state index in [1.54, 1.807) is 37.6 Å². The third kappa shape index (κ3) is 3.96. The van der Waals surface area contributed by atoms with Crippen molar-refractivity contribution in [3.05, 3.63) is 42.6 Å². The molecular weight excluding hydrogens is 384 g/mol. The SMILES string of the molecule is COc1cc2nncc(Nc3ccc(S(=O)(=O)NC(C)=O)cc3)c2cc1OC. The molecule has 0 aliphatic carbocycles. The van der Waals surface area contributed by atoms with Crippen LogP contribution in [-0.2, 0) is 14.8 Å². The Morgan fingerprint density at radius 3 is 2.29 bits per heavy atom. The van der Waals surface area contributed by atoms with Crippen molar-refractivity contribution in [2.24, 2.45) is 0 Å². The van der Waals surface area contributed by atoms with Gasteiger partial charge in [0.15, 0.2) is 11.5 Å². The molecule has 146 valence electrons. The van der Waals surface area contributed by atoms with Gasteiger partial charge in [0.1, 0.15) is 0 Å². The molecule has 0 bridgehead atoms. The zero-order chi connectivity index (χ0) is 20.3. The monoisotopic (exact) mass is 402 g/mol. The molecule has 1 aromatic heterocycles. The van der Waals surface area contributed by atoms with Crippen LogP contribution in [-0.4, -0.2) is 38.7 Å². The smallest absolute Gasteiger partial charge is 0.264 e. The van der Waals surface area contributed by atoms with Gasteiger partial charge in [-0.05, 0) is 30.3 Å². The fraction of sp³-hybridized carbons (Fsp3) is 0.167. The molecule has 3 rings (SSSR count). The first-order valence-corrected chi connectivity index (χ1v) is 9.60. The third-order valence-electron chi connectivity index (χ3n) is 3.87. The van der Waals surface area contributed by atoms with Gasteiger partial charge in [0, 0.05) is 24.1 Å². The molecule has 0 aliphatic heterocycles. The van der Waals surface area contributed by atoms with Crippen molar-refractivity contribution < 1.29 is 22.7 Å². The number of aromatic nitrogens is 2. The van der Waals surface area contributed by atoms with Gasteiger partial charge >= 0.3 is 0 Å². The number of hydrogen-bond donors (Lipinski definition) is 2. The summed E-state index contributed by atoms with van der Waals surface area (Å²) < 4.78 is 36.6. The van der Waals surface area contributed by atoms with Gasteiger partial charge in [-0.2, -0.15) is 10.2 Å². The average Bonchev–Trinajstić information content (AvgIpc) is 2.66. The van der Waals surface area contributed by atoms with Crippen LogP contribution in [0.2, 0.25) is 0 Å². The largest absolute Gasteiger partial charge is 0.493 e. The summed E-state index contributed by atoms with van der Waals surface area (Å²) in [7, 11) is -0.802. The summed E-state index contributed by atoms with van der Waals surface area (Å²) in [6.07, 6.45) is 1.55. The topological polar surface area (TPSA) is 120 Å². The maximum atomic E-state index is 12.0. The first kappa shape index (κ1) is 19.4. The van der Waals surface area contributed by atoms with Crippen molar-refractivity contribution in [3.63, 3.8) is 0 Å². The van der Waals surface area contributed by atoms with Crippen molar-refractivity contribution in [1.82, 2.24) is 14.9 Å². The van der Waals surface area contributed by atoms with E-state index in [1.807, 2.05) is 4.72 Å². The van der Waals surface area contributed by atoms with Gasteiger partial charge in [0.05, 0.1) is 36.5 Å². The van der Waals surface area contributed by atoms with E-state index in [0.717, 1.165) is 12.3 Å². The van der Waals surface area contributed by atoms with E-state index in [4.69, 9.17) is 9.47 Å². The molecule has 0 saturated heterocycles. The molecule has 0 aliphatic rings. The lowest BCUT2D eigenvalue weighted by Crippen LogP contribution is -2.28. The molecule has 1 heterocycles. The molecule has 1 amide bonds. The Morgan fingerprint density at radius 2 is 1.68 bits per heavy atom. The first-order chi connectivity index (χ1) is 13.3. The van der Waals surface area contributed by atoms with Gasteiger partial charge in [-0.1, -0.05) is 0 Å². The summed E-state index contributed by atoms with van der Waals surface area (Å²) >= 11 is 0. The molecule has 28 heavy (non-hydrogen) atoms. The van der Waals surface area contributed by atoms with Crippen LogP contribution in [0.1, 0.15) is 6.92 Å². The molecule has 2 aromatic carbocycles. The number of sulfonamides is 1. The van der Waals surface area contributed by atoms with Gasteiger partial charge in [-0.3, -0.25) is 4.79 Å². The number of ether oxygens (including phenoxy) is 2. The Bertz CT molecular complexity index is 1130. The molecule has 0 fully saturated rings. The predicted octanol–water partition coefficient (Wildman–Crippen LogP) is 2.22. The average molecular weight is 402 g/mol. The maximum Gasteiger partial charge on any atom is 0.264 e. The number of fused-ring (bicyclic) bond motifs is 1. The van der Waals surface area contributed by atoms with Crippen LogP contribution < -0.4 is 19.5 Å². The molecule has 0 spiro atoms. The number of carbonyl (C=O) groups excluding carboxylic acids is 1. The number of benzene rings is 2. The quantitative estimate of drug-likeness (QED) is 0.644. The Balaban J connectivity index is 1.94. The van der Waals surface area contributed by atoms with Crippen LogP contribution in [0.4, 0.5) is 11.4 Å². The summed E-state index contributed by atoms with van der Waals surface area (Å²) in [6, 6.07) is 9.46. The van der Waals surface area contributed by atoms with E-state index in [1.165, 1.54) is 19.2 Å². The number of hydrogen-bond acceptors (Lipinski definition) is 8. The van der Waals surface area contributed by atoms with Crippen LogP contribution in [0, 0.1) is 0 Å². The van der Waals surface area contributed by atoms with E-state index >= 15 is 0 Å². The Morgan fingerprint density at radius 1 is 1.04 bits per heavy atom. The van der Waals surface area contributed by atoms with E-state index in [9.17, 15) is 13.2 Å². The molecule has 10 heteroatoms. The maximum absolute atomic E-state index is 12.0. The number of methoxy groups -OCH3 is 2. The molecular formula is C18H18N4O5S. The second-order valence-electron chi connectivity index (χ2n) is 5.79. The predicted molar refractivity (Wildman–Crippen MR) is 103 cm³/mol. The van der Waals surface area contributed by atoms with Crippen molar-refractivity contribution >= 4 is 38.2 Å². The highest BCUT2D eigenvalue weighted by atomic mass is 32.2. The number of amides is 1. The van der Waals surface area contributed by atoms with E-state index in [2.05, 4.69) is 15.5 Å². The molecule has 2 N–H and O–H groups in total. The standard InChI is InChI=1S/C18H18N4O5S/c1-11(23)22-28(24,25)13-6-4-12(5-7-13)20-16-10-19-21-15-9-18(27-3)17(26-2)8-14(15)16/h4-10H,1-3H3,(H,20,21)(H,22,23). The van der Waals surface area contributed by atoms with E-state index in [0.29, 0.717) is 28.4 Å². The van der Waals surface area contributed by atoms with Crippen LogP contribution in [0.25, 0.3) is 10.9 Å². The Labute approximate surface area is 161 Å².